The van der Waals surface area contributed by atoms with Crippen molar-refractivity contribution in [1.29, 1.82) is 0 Å². The number of nitrogens with zero attached hydrogens (tertiary/aromatic N) is 1. The summed E-state index contributed by atoms with van der Waals surface area (Å²) in [5.41, 5.74) is 2.53. The van der Waals surface area contributed by atoms with Gasteiger partial charge in [-0.25, -0.2) is 9.19 Å². The first-order valence-corrected chi connectivity index (χ1v) is 11.1. The Morgan fingerprint density at radius 3 is 2.72 bits per heavy atom. The number of Topliss-reactive ketones (excluding diaryl/α,β-unsaturated/α-hetero) is 1. The highest BCUT2D eigenvalue weighted by Crippen LogP contribution is 2.29. The average Bonchev–Trinajstić information content (AvgIpc) is 2.81. The van der Waals surface area contributed by atoms with Gasteiger partial charge in [0.1, 0.15) is 4.91 Å². The summed E-state index contributed by atoms with van der Waals surface area (Å²) < 4.78 is 20.5. The maximum absolute atomic E-state index is 13.0. The number of pyridine rings is 1. The molecule has 162 valence electrons. The Hall–Kier alpha value is -3.49. The third kappa shape index (κ3) is 4.71. The quantitative estimate of drug-likeness (QED) is 0.553. The number of anilines is 1. The SMILES string of the molecule is COc1cc(CNC(=O)c2ccc3c(c2)C(=O)/C(=C/c2ccc(Cl)cc2)S(=O)N3)ccn1. The van der Waals surface area contributed by atoms with Crippen LogP contribution >= 0.6 is 11.6 Å². The van der Waals surface area contributed by atoms with Crippen molar-refractivity contribution >= 4 is 46.0 Å². The highest BCUT2D eigenvalue weighted by Gasteiger charge is 2.28. The number of nitrogens with one attached hydrogen (secondary N) is 2. The van der Waals surface area contributed by atoms with Gasteiger partial charge in [0.05, 0.1) is 12.8 Å². The normalized spacial score (nSPS) is 16.2. The standard InChI is InChI=1S/C23H18ClN3O4S/c1-31-21-11-15(8-9-25-21)13-26-23(29)16-4-7-19-18(12-16)22(28)20(32(30)27-19)10-14-2-5-17(24)6-3-14/h2-12,27H,13H2,1H3,(H,26,29)/b20-10-. The summed E-state index contributed by atoms with van der Waals surface area (Å²) in [6.45, 7) is 0.271. The van der Waals surface area contributed by atoms with Crippen LogP contribution in [0, 0.1) is 0 Å². The second-order valence-corrected chi connectivity index (χ2v) is 8.53. The first-order valence-electron chi connectivity index (χ1n) is 9.56. The van der Waals surface area contributed by atoms with E-state index < -0.39 is 16.8 Å². The number of hydrogen-bond acceptors (Lipinski definition) is 5. The number of hydrogen-bond donors (Lipinski definition) is 2. The molecule has 1 atom stereocenters. The van der Waals surface area contributed by atoms with Crippen LogP contribution in [0.25, 0.3) is 6.08 Å². The Balaban J connectivity index is 1.55. The number of aromatic nitrogens is 1. The van der Waals surface area contributed by atoms with E-state index in [0.717, 1.165) is 5.56 Å². The predicted molar refractivity (Wildman–Crippen MR) is 124 cm³/mol. The van der Waals surface area contributed by atoms with Crippen LogP contribution in [0.2, 0.25) is 5.02 Å². The fourth-order valence-corrected chi connectivity index (χ4v) is 4.26. The molecule has 1 aliphatic heterocycles. The zero-order chi connectivity index (χ0) is 22.7. The number of halogens is 1. The number of ketones is 1. The van der Waals surface area contributed by atoms with Crippen molar-refractivity contribution in [1.82, 2.24) is 10.3 Å². The maximum Gasteiger partial charge on any atom is 0.251 e. The molecule has 2 N–H and O–H groups in total. The molecule has 2 aromatic carbocycles. The lowest BCUT2D eigenvalue weighted by Gasteiger charge is -2.19. The van der Waals surface area contributed by atoms with Crippen LogP contribution in [-0.2, 0) is 17.5 Å². The van der Waals surface area contributed by atoms with Gasteiger partial charge in [-0.05, 0) is 53.6 Å². The summed E-state index contributed by atoms with van der Waals surface area (Å²) in [5, 5.41) is 3.37. The molecule has 1 unspecified atom stereocenters. The van der Waals surface area contributed by atoms with Gasteiger partial charge in [-0.15, -0.1) is 0 Å². The van der Waals surface area contributed by atoms with Crippen LogP contribution in [0.5, 0.6) is 5.88 Å². The molecule has 0 fully saturated rings. The van der Waals surface area contributed by atoms with Crippen molar-refractivity contribution in [2.45, 2.75) is 6.54 Å². The van der Waals surface area contributed by atoms with Gasteiger partial charge in [0.15, 0.2) is 11.0 Å². The smallest absolute Gasteiger partial charge is 0.251 e. The van der Waals surface area contributed by atoms with Gasteiger partial charge in [-0.3, -0.25) is 9.59 Å². The van der Waals surface area contributed by atoms with Gasteiger partial charge >= 0.3 is 0 Å². The zero-order valence-electron chi connectivity index (χ0n) is 16.9. The van der Waals surface area contributed by atoms with E-state index in [0.29, 0.717) is 27.7 Å². The molecule has 32 heavy (non-hydrogen) atoms. The summed E-state index contributed by atoms with van der Waals surface area (Å²) in [4.78, 5) is 29.8. The Morgan fingerprint density at radius 2 is 1.97 bits per heavy atom. The molecule has 1 aromatic heterocycles. The minimum Gasteiger partial charge on any atom is -0.481 e. The van der Waals surface area contributed by atoms with E-state index in [1.807, 2.05) is 0 Å². The topological polar surface area (TPSA) is 97.4 Å². The first-order chi connectivity index (χ1) is 15.4. The molecule has 9 heteroatoms. The van der Waals surface area contributed by atoms with Crippen LogP contribution in [0.4, 0.5) is 5.69 Å². The first kappa shape index (κ1) is 21.7. The van der Waals surface area contributed by atoms with Crippen LogP contribution in [0.15, 0.2) is 65.7 Å². The lowest BCUT2D eigenvalue weighted by Crippen LogP contribution is -2.25. The molecule has 7 nitrogen and oxygen atoms in total. The molecule has 0 radical (unpaired) electrons. The maximum atomic E-state index is 13.0. The number of amides is 1. The molecule has 0 aliphatic carbocycles. The van der Waals surface area contributed by atoms with Gasteiger partial charge in [-0.2, -0.15) is 0 Å². The Morgan fingerprint density at radius 1 is 1.19 bits per heavy atom. The number of rotatable bonds is 5. The lowest BCUT2D eigenvalue weighted by atomic mass is 10.0. The number of methoxy groups -OCH3 is 1. The second-order valence-electron chi connectivity index (χ2n) is 6.91. The molecule has 1 aliphatic rings. The minimum atomic E-state index is -1.71. The van der Waals surface area contributed by atoms with Crippen molar-refractivity contribution in [2.24, 2.45) is 0 Å². The Bertz CT molecular complexity index is 1260. The monoisotopic (exact) mass is 467 g/mol. The molecule has 0 spiro atoms. The fraction of sp³-hybridized carbons (Fsp3) is 0.0870. The summed E-state index contributed by atoms with van der Waals surface area (Å²) in [7, 11) is -0.195. The highest BCUT2D eigenvalue weighted by atomic mass is 35.5. The Labute approximate surface area is 192 Å². The number of carbonyl (C=O) groups excluding carboxylic acids is 2. The number of ether oxygens (including phenoxy) is 1. The van der Waals surface area contributed by atoms with E-state index in [1.165, 1.54) is 13.2 Å². The van der Waals surface area contributed by atoms with Crippen molar-refractivity contribution < 1.29 is 18.5 Å². The van der Waals surface area contributed by atoms with Crippen molar-refractivity contribution in [3.05, 3.63) is 93.0 Å². The number of benzene rings is 2. The molecule has 3 aromatic rings. The van der Waals surface area contributed by atoms with E-state index in [2.05, 4.69) is 15.0 Å². The van der Waals surface area contributed by atoms with Crippen molar-refractivity contribution in [2.75, 3.05) is 11.8 Å². The van der Waals surface area contributed by atoms with Gasteiger partial charge in [0.2, 0.25) is 11.7 Å². The highest BCUT2D eigenvalue weighted by molar-refractivity contribution is 7.91. The summed E-state index contributed by atoms with van der Waals surface area (Å²) in [6.07, 6.45) is 3.15. The molecule has 0 saturated heterocycles. The van der Waals surface area contributed by atoms with Crippen LogP contribution in [0.1, 0.15) is 31.8 Å². The van der Waals surface area contributed by atoms with E-state index in [9.17, 15) is 13.8 Å². The van der Waals surface area contributed by atoms with Crippen molar-refractivity contribution in [3.8, 4) is 5.88 Å². The largest absolute Gasteiger partial charge is 0.481 e. The minimum absolute atomic E-state index is 0.0984. The third-order valence-electron chi connectivity index (χ3n) is 4.78. The third-order valence-corrected chi connectivity index (χ3v) is 6.14. The van der Waals surface area contributed by atoms with Crippen LogP contribution in [-0.4, -0.2) is 28.0 Å². The van der Waals surface area contributed by atoms with Gasteiger partial charge in [0, 0.05) is 35.0 Å². The summed E-state index contributed by atoms with van der Waals surface area (Å²) >= 11 is 5.90. The van der Waals surface area contributed by atoms with E-state index in [-0.39, 0.29) is 22.9 Å². The molecule has 1 amide bonds. The summed E-state index contributed by atoms with van der Waals surface area (Å²) in [5.74, 6) is -0.290. The van der Waals surface area contributed by atoms with Gasteiger partial charge in [0.25, 0.3) is 5.91 Å². The zero-order valence-corrected chi connectivity index (χ0v) is 18.5. The number of carbonyl (C=O) groups is 2. The van der Waals surface area contributed by atoms with E-state index in [4.69, 9.17) is 16.3 Å². The number of allylic oxidation sites excluding steroid dienone is 1. The molecule has 0 bridgehead atoms. The van der Waals surface area contributed by atoms with E-state index >= 15 is 0 Å². The molecular weight excluding hydrogens is 450 g/mol. The average molecular weight is 468 g/mol. The van der Waals surface area contributed by atoms with E-state index in [1.54, 1.807) is 60.8 Å². The fourth-order valence-electron chi connectivity index (χ4n) is 3.12. The van der Waals surface area contributed by atoms with Crippen LogP contribution < -0.4 is 14.8 Å². The lowest BCUT2D eigenvalue weighted by molar-refractivity contribution is 0.0951. The second kappa shape index (κ2) is 9.33. The Kier molecular flexibility index (Phi) is 6.34. The molecule has 4 rings (SSSR count). The molecule has 2 heterocycles. The predicted octanol–water partition coefficient (Wildman–Crippen LogP) is 3.99. The van der Waals surface area contributed by atoms with Gasteiger partial charge < -0.3 is 14.8 Å². The number of fused-ring (bicyclic) bond motifs is 1. The summed E-state index contributed by atoms with van der Waals surface area (Å²) in [6, 6.07) is 15.0. The van der Waals surface area contributed by atoms with Crippen molar-refractivity contribution in [3.63, 3.8) is 0 Å². The molecular formula is C23H18ClN3O4S. The molecule has 0 saturated carbocycles. The van der Waals surface area contributed by atoms with Crippen LogP contribution in [0.3, 0.4) is 0 Å². The van der Waals surface area contributed by atoms with Gasteiger partial charge in [-0.1, -0.05) is 23.7 Å².